The van der Waals surface area contributed by atoms with Crippen LogP contribution in [0.1, 0.15) is 11.3 Å². The fraction of sp³-hybridized carbons (Fsp3) is 0.143. The number of benzene rings is 1. The molecule has 1 heterocycles. The predicted molar refractivity (Wildman–Crippen MR) is 86.1 cm³/mol. The van der Waals surface area contributed by atoms with E-state index in [0.29, 0.717) is 27.8 Å². The van der Waals surface area contributed by atoms with Crippen molar-refractivity contribution in [2.45, 2.75) is 6.92 Å². The lowest BCUT2D eigenvalue weighted by atomic mass is 10.2. The molecule has 104 valence electrons. The normalized spacial score (nSPS) is 10.2. The number of pyridine rings is 1. The van der Waals surface area contributed by atoms with Crippen LogP contribution in [0, 0.1) is 6.92 Å². The first-order chi connectivity index (χ1) is 9.51. The van der Waals surface area contributed by atoms with E-state index in [4.69, 9.17) is 34.3 Å². The Hall–Kier alpha value is -1.85. The third-order valence-electron chi connectivity index (χ3n) is 2.71. The summed E-state index contributed by atoms with van der Waals surface area (Å²) < 4.78 is 5.29. The molecule has 1 aromatic heterocycles. The van der Waals surface area contributed by atoms with Gasteiger partial charge in [0.2, 0.25) is 0 Å². The highest BCUT2D eigenvalue weighted by Crippen LogP contribution is 2.31. The number of nitrogens with zero attached hydrogens (tertiary/aromatic N) is 1. The number of aryl methyl sites for hydroxylation is 1. The number of hydrogen-bond donors (Lipinski definition) is 2. The van der Waals surface area contributed by atoms with Gasteiger partial charge in [-0.15, -0.1) is 0 Å². The molecule has 0 bridgehead atoms. The molecule has 2 aromatic rings. The Labute approximate surface area is 127 Å². The van der Waals surface area contributed by atoms with E-state index in [1.54, 1.807) is 25.3 Å². The van der Waals surface area contributed by atoms with Crippen LogP contribution in [0.3, 0.4) is 0 Å². The Morgan fingerprint density at radius 3 is 2.75 bits per heavy atom. The second kappa shape index (κ2) is 6.07. The second-order valence-electron chi connectivity index (χ2n) is 4.18. The lowest BCUT2D eigenvalue weighted by Gasteiger charge is -2.14. The van der Waals surface area contributed by atoms with Crippen molar-refractivity contribution in [2.24, 2.45) is 5.73 Å². The summed E-state index contributed by atoms with van der Waals surface area (Å²) in [6.07, 6.45) is 0. The van der Waals surface area contributed by atoms with Crippen LogP contribution in [0.4, 0.5) is 11.5 Å². The highest BCUT2D eigenvalue weighted by atomic mass is 35.5. The van der Waals surface area contributed by atoms with Gasteiger partial charge in [0, 0.05) is 10.7 Å². The van der Waals surface area contributed by atoms with Gasteiger partial charge in [0.1, 0.15) is 16.6 Å². The molecule has 0 atom stereocenters. The summed E-state index contributed by atoms with van der Waals surface area (Å²) in [5, 5.41) is 3.76. The van der Waals surface area contributed by atoms with Crippen molar-refractivity contribution in [2.75, 3.05) is 12.4 Å². The van der Waals surface area contributed by atoms with Crippen LogP contribution in [0.2, 0.25) is 5.02 Å². The quantitative estimate of drug-likeness (QED) is 0.847. The van der Waals surface area contributed by atoms with Gasteiger partial charge >= 0.3 is 0 Å². The highest BCUT2D eigenvalue weighted by molar-refractivity contribution is 7.80. The average Bonchev–Trinajstić information content (AvgIpc) is 2.38. The maximum Gasteiger partial charge on any atom is 0.142 e. The van der Waals surface area contributed by atoms with Gasteiger partial charge in [-0.1, -0.05) is 23.8 Å². The molecule has 0 spiro atoms. The van der Waals surface area contributed by atoms with Crippen LogP contribution in [0.5, 0.6) is 5.75 Å². The van der Waals surface area contributed by atoms with Gasteiger partial charge in [-0.3, -0.25) is 0 Å². The number of nitrogens with one attached hydrogen (secondary N) is 1. The minimum atomic E-state index is 0.279. The van der Waals surface area contributed by atoms with Crippen molar-refractivity contribution in [3.63, 3.8) is 0 Å². The van der Waals surface area contributed by atoms with E-state index in [2.05, 4.69) is 10.3 Å². The van der Waals surface area contributed by atoms with E-state index >= 15 is 0 Å². The van der Waals surface area contributed by atoms with Gasteiger partial charge in [0.15, 0.2) is 0 Å². The standard InChI is InChI=1S/C14H14ClN3OS/c1-8-3-5-10(13(16)20)14(17-8)18-11-7-9(15)4-6-12(11)19-2/h3-7H,1-2H3,(H2,16,20)(H,17,18). The van der Waals surface area contributed by atoms with E-state index in [1.165, 1.54) is 0 Å². The van der Waals surface area contributed by atoms with E-state index in [9.17, 15) is 0 Å². The molecule has 20 heavy (non-hydrogen) atoms. The lowest BCUT2D eigenvalue weighted by Crippen LogP contribution is -2.13. The predicted octanol–water partition coefficient (Wildman–Crippen LogP) is 3.43. The number of halogens is 1. The van der Waals surface area contributed by atoms with Crippen LogP contribution < -0.4 is 15.8 Å². The third kappa shape index (κ3) is 3.18. The number of ether oxygens (including phenoxy) is 1. The molecule has 0 saturated carbocycles. The van der Waals surface area contributed by atoms with Crippen molar-refractivity contribution < 1.29 is 4.74 Å². The SMILES string of the molecule is COc1ccc(Cl)cc1Nc1nc(C)ccc1C(N)=S. The summed E-state index contributed by atoms with van der Waals surface area (Å²) >= 11 is 11.0. The minimum absolute atomic E-state index is 0.279. The van der Waals surface area contributed by atoms with Gasteiger partial charge in [-0.2, -0.15) is 0 Å². The zero-order valence-corrected chi connectivity index (χ0v) is 12.7. The average molecular weight is 308 g/mol. The number of rotatable bonds is 4. The summed E-state index contributed by atoms with van der Waals surface area (Å²) in [5.74, 6) is 1.24. The van der Waals surface area contributed by atoms with E-state index < -0.39 is 0 Å². The van der Waals surface area contributed by atoms with Crippen molar-refractivity contribution in [1.29, 1.82) is 0 Å². The number of thiocarbonyl (C=S) groups is 1. The lowest BCUT2D eigenvalue weighted by molar-refractivity contribution is 0.417. The molecular formula is C14H14ClN3OS. The van der Waals surface area contributed by atoms with Crippen molar-refractivity contribution in [3.05, 3.63) is 46.6 Å². The Kier molecular flexibility index (Phi) is 4.42. The molecule has 4 nitrogen and oxygen atoms in total. The number of hydrogen-bond acceptors (Lipinski definition) is 4. The zero-order chi connectivity index (χ0) is 14.7. The number of methoxy groups -OCH3 is 1. The summed E-state index contributed by atoms with van der Waals surface area (Å²) in [5.41, 5.74) is 7.95. The third-order valence-corrected chi connectivity index (χ3v) is 3.17. The first-order valence-corrected chi connectivity index (χ1v) is 6.68. The first kappa shape index (κ1) is 14.6. The summed E-state index contributed by atoms with van der Waals surface area (Å²) in [6, 6.07) is 8.98. The van der Waals surface area contributed by atoms with Gasteiger partial charge in [0.25, 0.3) is 0 Å². The number of nitrogens with two attached hydrogens (primary N) is 1. The minimum Gasteiger partial charge on any atom is -0.495 e. The second-order valence-corrected chi connectivity index (χ2v) is 5.06. The van der Waals surface area contributed by atoms with Crippen molar-refractivity contribution in [1.82, 2.24) is 4.98 Å². The van der Waals surface area contributed by atoms with Crippen molar-refractivity contribution in [3.8, 4) is 5.75 Å². The molecule has 6 heteroatoms. The summed E-state index contributed by atoms with van der Waals surface area (Å²) in [7, 11) is 1.59. The van der Waals surface area contributed by atoms with Crippen LogP contribution in [-0.2, 0) is 0 Å². The summed E-state index contributed by atoms with van der Waals surface area (Å²) in [4.78, 5) is 4.70. The fourth-order valence-corrected chi connectivity index (χ4v) is 2.09. The van der Waals surface area contributed by atoms with E-state index in [1.807, 2.05) is 19.1 Å². The number of anilines is 2. The molecule has 1 aromatic carbocycles. The van der Waals surface area contributed by atoms with Crippen LogP contribution in [0.15, 0.2) is 30.3 Å². The molecule has 0 saturated heterocycles. The molecule has 0 aliphatic rings. The highest BCUT2D eigenvalue weighted by Gasteiger charge is 2.10. The molecule has 0 radical (unpaired) electrons. The maximum absolute atomic E-state index is 6.01. The largest absolute Gasteiger partial charge is 0.495 e. The van der Waals surface area contributed by atoms with Gasteiger partial charge in [-0.25, -0.2) is 4.98 Å². The van der Waals surface area contributed by atoms with Gasteiger partial charge in [0.05, 0.1) is 18.4 Å². The van der Waals surface area contributed by atoms with Gasteiger partial charge < -0.3 is 15.8 Å². The molecule has 0 unspecified atom stereocenters. The Balaban J connectivity index is 2.46. The van der Waals surface area contributed by atoms with E-state index in [-0.39, 0.29) is 4.99 Å². The van der Waals surface area contributed by atoms with Crippen LogP contribution >= 0.6 is 23.8 Å². The molecule has 0 aliphatic heterocycles. The van der Waals surface area contributed by atoms with Crippen LogP contribution in [-0.4, -0.2) is 17.1 Å². The maximum atomic E-state index is 6.01. The first-order valence-electron chi connectivity index (χ1n) is 5.89. The molecule has 0 aliphatic carbocycles. The van der Waals surface area contributed by atoms with Gasteiger partial charge in [-0.05, 0) is 37.3 Å². The molecule has 0 amide bonds. The van der Waals surface area contributed by atoms with Crippen LogP contribution in [0.25, 0.3) is 0 Å². The Morgan fingerprint density at radius 1 is 1.35 bits per heavy atom. The Bertz CT molecular complexity index is 661. The molecule has 2 rings (SSSR count). The monoisotopic (exact) mass is 307 g/mol. The zero-order valence-electron chi connectivity index (χ0n) is 11.1. The van der Waals surface area contributed by atoms with E-state index in [0.717, 1.165) is 5.69 Å². The molecule has 0 fully saturated rings. The van der Waals surface area contributed by atoms with Crippen molar-refractivity contribution >= 4 is 40.3 Å². The summed E-state index contributed by atoms with van der Waals surface area (Å²) in [6.45, 7) is 1.89. The topological polar surface area (TPSA) is 60.2 Å². The smallest absolute Gasteiger partial charge is 0.142 e. The molecular weight excluding hydrogens is 294 g/mol. The fourth-order valence-electron chi connectivity index (χ4n) is 1.76. The molecule has 3 N–H and O–H groups in total. The number of aromatic nitrogens is 1. The Morgan fingerprint density at radius 2 is 2.10 bits per heavy atom.